The predicted molar refractivity (Wildman–Crippen MR) is 195 cm³/mol. The van der Waals surface area contributed by atoms with Crippen LogP contribution in [0.1, 0.15) is 39.2 Å². The van der Waals surface area contributed by atoms with Gasteiger partial charge in [-0.3, -0.25) is 14.6 Å². The standard InChI is InChI=1S/C34H49N5O7S2/c1-5-9-26-20-39(21-30(26)40)27-14-12-25(13-15-27)11-10-24(6-2)16-17-36-19-32(42)38-29(34(44)46-8-4)23-48-47-22-28(33(43)45-7-3)37-31(41)18-35/h6,10-17,26,28-30,40H,2,5,7-9,18-23,35H2,1,3-4H3,(H,37,41)(H,38,42)/b11-10+,24-16+,36-17?. The number of ether oxygens (including phenoxy) is 2. The topological polar surface area (TPSA) is 173 Å². The number of allylic oxidation sites excluding steroid dienone is 4. The van der Waals surface area contributed by atoms with Gasteiger partial charge >= 0.3 is 11.9 Å². The van der Waals surface area contributed by atoms with Gasteiger partial charge in [-0.25, -0.2) is 9.59 Å². The Bertz CT molecular complexity index is 1290. The van der Waals surface area contributed by atoms with Gasteiger partial charge in [-0.05, 0) is 49.6 Å². The summed E-state index contributed by atoms with van der Waals surface area (Å²) in [6, 6.07) is 6.33. The van der Waals surface area contributed by atoms with Gasteiger partial charge in [-0.1, -0.05) is 71.9 Å². The van der Waals surface area contributed by atoms with Crippen molar-refractivity contribution in [2.24, 2.45) is 16.6 Å². The summed E-state index contributed by atoms with van der Waals surface area (Å²) in [5.74, 6) is -1.49. The summed E-state index contributed by atoms with van der Waals surface area (Å²) in [6.45, 7) is 10.7. The van der Waals surface area contributed by atoms with Crippen molar-refractivity contribution in [3.8, 4) is 0 Å². The second-order valence-electron chi connectivity index (χ2n) is 10.8. The van der Waals surface area contributed by atoms with Crippen LogP contribution in [0.4, 0.5) is 5.69 Å². The summed E-state index contributed by atoms with van der Waals surface area (Å²) in [4.78, 5) is 55.3. The van der Waals surface area contributed by atoms with E-state index in [0.29, 0.717) is 12.5 Å². The number of benzene rings is 1. The van der Waals surface area contributed by atoms with Crippen LogP contribution in [-0.2, 0) is 28.7 Å². The van der Waals surface area contributed by atoms with Crippen molar-refractivity contribution in [1.82, 2.24) is 10.6 Å². The zero-order chi connectivity index (χ0) is 35.3. The van der Waals surface area contributed by atoms with E-state index in [1.807, 2.05) is 24.3 Å². The number of rotatable bonds is 21. The van der Waals surface area contributed by atoms with Crippen LogP contribution >= 0.6 is 21.6 Å². The van der Waals surface area contributed by atoms with Crippen LogP contribution in [-0.4, -0.2) is 104 Å². The Hall–Kier alpha value is -3.59. The molecular formula is C34H49N5O7S2. The van der Waals surface area contributed by atoms with Crippen LogP contribution in [0, 0.1) is 5.92 Å². The number of nitrogens with zero attached hydrogens (tertiary/aromatic N) is 2. The number of hydrogen-bond acceptors (Lipinski definition) is 12. The maximum absolute atomic E-state index is 12.6. The molecule has 0 spiro atoms. The molecule has 1 aromatic carbocycles. The normalized spacial score (nSPS) is 17.7. The quantitative estimate of drug-likeness (QED) is 0.0488. The third-order valence-corrected chi connectivity index (χ3v) is 9.61. The van der Waals surface area contributed by atoms with Crippen molar-refractivity contribution in [2.75, 3.05) is 55.8 Å². The lowest BCUT2D eigenvalue weighted by atomic mass is 10.0. The number of aliphatic hydroxyl groups is 1. The number of hydrogen-bond donors (Lipinski definition) is 4. The smallest absolute Gasteiger partial charge is 0.329 e. The summed E-state index contributed by atoms with van der Waals surface area (Å²) in [5.41, 5.74) is 8.22. The highest BCUT2D eigenvalue weighted by Crippen LogP contribution is 2.27. The maximum atomic E-state index is 12.6. The van der Waals surface area contributed by atoms with E-state index >= 15 is 0 Å². The fourth-order valence-corrected chi connectivity index (χ4v) is 7.02. The predicted octanol–water partition coefficient (Wildman–Crippen LogP) is 2.92. The zero-order valence-corrected chi connectivity index (χ0v) is 29.6. The van der Waals surface area contributed by atoms with Crippen molar-refractivity contribution in [3.05, 3.63) is 60.2 Å². The number of esters is 2. The third-order valence-electron chi connectivity index (χ3n) is 7.19. The van der Waals surface area contributed by atoms with Crippen LogP contribution in [0.2, 0.25) is 0 Å². The summed E-state index contributed by atoms with van der Waals surface area (Å²) in [6.07, 6.45) is 10.6. The van der Waals surface area contributed by atoms with Gasteiger partial charge in [-0.2, -0.15) is 0 Å². The van der Waals surface area contributed by atoms with Gasteiger partial charge in [-0.15, -0.1) is 0 Å². The van der Waals surface area contributed by atoms with Crippen LogP contribution in [0.25, 0.3) is 6.08 Å². The molecule has 1 aliphatic rings. The molecule has 0 saturated carbocycles. The van der Waals surface area contributed by atoms with Crippen molar-refractivity contribution in [1.29, 1.82) is 0 Å². The molecule has 4 unspecified atom stereocenters. The maximum Gasteiger partial charge on any atom is 0.329 e. The molecule has 0 aliphatic carbocycles. The number of β-amino-alcohol motifs (C(OH)–C–C–N with tert-alkyl or cyclic N) is 1. The van der Waals surface area contributed by atoms with E-state index in [1.54, 1.807) is 26.0 Å². The number of aliphatic hydroxyl groups excluding tert-OH is 1. The van der Waals surface area contributed by atoms with Gasteiger partial charge in [0.2, 0.25) is 11.8 Å². The average molecular weight is 704 g/mol. The molecule has 14 heteroatoms. The van der Waals surface area contributed by atoms with E-state index in [4.69, 9.17) is 15.2 Å². The van der Waals surface area contributed by atoms with Crippen LogP contribution in [0.3, 0.4) is 0 Å². The minimum atomic E-state index is -0.938. The highest BCUT2D eigenvalue weighted by Gasteiger charge is 2.30. The largest absolute Gasteiger partial charge is 0.464 e. The number of carbonyl (C=O) groups excluding carboxylic acids is 4. The van der Waals surface area contributed by atoms with Crippen LogP contribution < -0.4 is 21.3 Å². The molecule has 1 fully saturated rings. The Labute approximate surface area is 291 Å². The molecule has 4 atom stereocenters. The van der Waals surface area contributed by atoms with Gasteiger partial charge in [0.05, 0.1) is 25.9 Å². The van der Waals surface area contributed by atoms with E-state index in [9.17, 15) is 24.3 Å². The Balaban J connectivity index is 1.88. The molecule has 1 aliphatic heterocycles. The molecule has 1 heterocycles. The molecule has 12 nitrogen and oxygen atoms in total. The van der Waals surface area contributed by atoms with E-state index in [-0.39, 0.29) is 43.9 Å². The van der Waals surface area contributed by atoms with E-state index in [1.165, 1.54) is 27.8 Å². The van der Waals surface area contributed by atoms with Crippen molar-refractivity contribution < 1.29 is 33.8 Å². The first-order valence-corrected chi connectivity index (χ1v) is 18.5. The molecule has 48 heavy (non-hydrogen) atoms. The van der Waals surface area contributed by atoms with Crippen molar-refractivity contribution >= 4 is 63.3 Å². The molecule has 5 N–H and O–H groups in total. The fraction of sp³-hybridized carbons (Fsp3) is 0.500. The molecular weight excluding hydrogens is 655 g/mol. The summed E-state index contributed by atoms with van der Waals surface area (Å²) >= 11 is 0. The Morgan fingerprint density at radius 2 is 1.62 bits per heavy atom. The number of nitrogens with two attached hydrogens (primary N) is 1. The minimum Gasteiger partial charge on any atom is -0.464 e. The lowest BCUT2D eigenvalue weighted by Gasteiger charge is -2.18. The third kappa shape index (κ3) is 14.7. The van der Waals surface area contributed by atoms with Gasteiger partial charge in [0.15, 0.2) is 0 Å². The highest BCUT2D eigenvalue weighted by molar-refractivity contribution is 8.76. The van der Waals surface area contributed by atoms with Crippen molar-refractivity contribution in [3.63, 3.8) is 0 Å². The molecule has 0 bridgehead atoms. The van der Waals surface area contributed by atoms with Gasteiger partial charge in [0.25, 0.3) is 0 Å². The van der Waals surface area contributed by atoms with Gasteiger partial charge in [0.1, 0.15) is 18.6 Å². The molecule has 0 radical (unpaired) electrons. The van der Waals surface area contributed by atoms with Gasteiger partial charge in [0, 0.05) is 42.4 Å². The van der Waals surface area contributed by atoms with Crippen LogP contribution in [0.5, 0.6) is 0 Å². The molecule has 2 amide bonds. The van der Waals surface area contributed by atoms with E-state index in [2.05, 4.69) is 46.2 Å². The molecule has 0 aromatic heterocycles. The number of nitrogens with one attached hydrogen (secondary N) is 2. The SMILES string of the molecule is C=CC(/C=C/c1ccc(N2CC(O)C(CCC)C2)cc1)=C\C=NCC(=O)NC(CSSCC(NC(=O)CN)C(=O)OCC)C(=O)OCC. The first-order valence-electron chi connectivity index (χ1n) is 16.1. The zero-order valence-electron chi connectivity index (χ0n) is 28.0. The van der Waals surface area contributed by atoms with E-state index < -0.39 is 35.8 Å². The Morgan fingerprint density at radius 3 is 2.17 bits per heavy atom. The van der Waals surface area contributed by atoms with Crippen molar-refractivity contribution in [2.45, 2.75) is 51.8 Å². The molecule has 2 rings (SSSR count). The number of amides is 2. The average Bonchev–Trinajstić information content (AvgIpc) is 3.45. The molecule has 1 aromatic rings. The van der Waals surface area contributed by atoms with E-state index in [0.717, 1.165) is 36.2 Å². The Morgan fingerprint density at radius 1 is 1.02 bits per heavy atom. The van der Waals surface area contributed by atoms with Crippen LogP contribution in [0.15, 0.2) is 59.6 Å². The number of anilines is 1. The lowest BCUT2D eigenvalue weighted by molar-refractivity contribution is -0.147. The second kappa shape index (κ2) is 22.9. The first-order chi connectivity index (χ1) is 23.1. The minimum absolute atomic E-state index is 0.145. The Kier molecular flexibility index (Phi) is 19.3. The number of aliphatic imine (C=N–C) groups is 1. The monoisotopic (exact) mass is 703 g/mol. The summed E-state index contributed by atoms with van der Waals surface area (Å²) < 4.78 is 10.1. The molecule has 1 saturated heterocycles. The highest BCUT2D eigenvalue weighted by atomic mass is 33.1. The summed E-state index contributed by atoms with van der Waals surface area (Å²) in [7, 11) is 2.47. The second-order valence-corrected chi connectivity index (χ2v) is 13.4. The number of carbonyl (C=O) groups is 4. The summed E-state index contributed by atoms with van der Waals surface area (Å²) in [5, 5.41) is 15.5. The fourth-order valence-electron chi connectivity index (χ4n) is 4.72. The lowest BCUT2D eigenvalue weighted by Crippen LogP contribution is -2.46. The first kappa shape index (κ1) is 40.6. The van der Waals surface area contributed by atoms with Gasteiger partial charge < -0.3 is 35.8 Å². The molecule has 264 valence electrons.